The van der Waals surface area contributed by atoms with Gasteiger partial charge in [-0.15, -0.1) is 0 Å². The van der Waals surface area contributed by atoms with Crippen molar-refractivity contribution in [3.63, 3.8) is 0 Å². The van der Waals surface area contributed by atoms with Crippen LogP contribution in [0.4, 0.5) is 11.4 Å². The van der Waals surface area contributed by atoms with Crippen LogP contribution in [0, 0.1) is 11.3 Å². The Morgan fingerprint density at radius 3 is 2.74 bits per heavy atom. The molecule has 0 aliphatic carbocycles. The number of hydrogen-bond donors (Lipinski definition) is 1. The van der Waals surface area contributed by atoms with Crippen molar-refractivity contribution in [3.8, 4) is 6.07 Å². The predicted molar refractivity (Wildman–Crippen MR) is 91.4 cm³/mol. The van der Waals surface area contributed by atoms with Crippen LogP contribution < -0.4 is 10.2 Å². The van der Waals surface area contributed by atoms with Gasteiger partial charge in [-0.25, -0.2) is 0 Å². The van der Waals surface area contributed by atoms with Gasteiger partial charge in [0.2, 0.25) is 5.91 Å². The molecule has 1 heterocycles. The molecule has 1 amide bonds. The van der Waals surface area contributed by atoms with E-state index in [9.17, 15) is 4.79 Å². The summed E-state index contributed by atoms with van der Waals surface area (Å²) in [7, 11) is 0. The SMILES string of the molecule is N#CCc1ccc(NC(=O)CN2CCCc3ccccc32)cc1. The highest BCUT2D eigenvalue weighted by Gasteiger charge is 2.18. The van der Waals surface area contributed by atoms with Gasteiger partial charge in [0.25, 0.3) is 0 Å². The average Bonchev–Trinajstić information content (AvgIpc) is 2.57. The monoisotopic (exact) mass is 305 g/mol. The van der Waals surface area contributed by atoms with Crippen LogP contribution in [0.15, 0.2) is 48.5 Å². The average molecular weight is 305 g/mol. The van der Waals surface area contributed by atoms with E-state index in [1.807, 2.05) is 36.4 Å². The van der Waals surface area contributed by atoms with E-state index in [2.05, 4.69) is 28.4 Å². The molecule has 0 spiro atoms. The molecule has 1 aliphatic heterocycles. The first-order valence-corrected chi connectivity index (χ1v) is 7.85. The fourth-order valence-corrected chi connectivity index (χ4v) is 2.95. The molecule has 4 nitrogen and oxygen atoms in total. The summed E-state index contributed by atoms with van der Waals surface area (Å²) in [5.41, 5.74) is 4.20. The Bertz CT molecular complexity index is 731. The molecule has 0 saturated carbocycles. The minimum Gasteiger partial charge on any atom is -0.362 e. The molecule has 4 heteroatoms. The maximum atomic E-state index is 12.3. The van der Waals surface area contributed by atoms with E-state index < -0.39 is 0 Å². The van der Waals surface area contributed by atoms with E-state index in [1.165, 1.54) is 11.3 Å². The van der Waals surface area contributed by atoms with Crippen molar-refractivity contribution in [1.82, 2.24) is 0 Å². The first-order chi connectivity index (χ1) is 11.3. The maximum absolute atomic E-state index is 12.3. The molecule has 116 valence electrons. The van der Waals surface area contributed by atoms with Crippen LogP contribution in [0.2, 0.25) is 0 Å². The van der Waals surface area contributed by atoms with Gasteiger partial charge < -0.3 is 10.2 Å². The quantitative estimate of drug-likeness (QED) is 0.944. The zero-order valence-corrected chi connectivity index (χ0v) is 13.0. The van der Waals surface area contributed by atoms with Crippen LogP contribution in [-0.4, -0.2) is 19.0 Å². The van der Waals surface area contributed by atoms with Crippen molar-refractivity contribution in [2.24, 2.45) is 0 Å². The van der Waals surface area contributed by atoms with Crippen molar-refractivity contribution in [1.29, 1.82) is 5.26 Å². The van der Waals surface area contributed by atoms with Crippen molar-refractivity contribution >= 4 is 17.3 Å². The third-order valence-corrected chi connectivity index (χ3v) is 4.06. The molecule has 0 fully saturated rings. The van der Waals surface area contributed by atoms with Gasteiger partial charge in [0.05, 0.1) is 19.0 Å². The molecule has 0 radical (unpaired) electrons. The highest BCUT2D eigenvalue weighted by molar-refractivity contribution is 5.94. The third-order valence-electron chi connectivity index (χ3n) is 4.06. The van der Waals surface area contributed by atoms with Crippen LogP contribution in [0.1, 0.15) is 17.5 Å². The minimum atomic E-state index is -0.0188. The smallest absolute Gasteiger partial charge is 0.243 e. The number of hydrogen-bond acceptors (Lipinski definition) is 3. The molecule has 0 bridgehead atoms. The number of benzene rings is 2. The lowest BCUT2D eigenvalue weighted by molar-refractivity contribution is -0.115. The van der Waals surface area contributed by atoms with Gasteiger partial charge in [0.15, 0.2) is 0 Å². The highest BCUT2D eigenvalue weighted by Crippen LogP contribution is 2.26. The van der Waals surface area contributed by atoms with Crippen molar-refractivity contribution in [3.05, 3.63) is 59.7 Å². The number of carbonyl (C=O) groups is 1. The van der Waals surface area contributed by atoms with E-state index in [1.54, 1.807) is 0 Å². The highest BCUT2D eigenvalue weighted by atomic mass is 16.2. The van der Waals surface area contributed by atoms with E-state index in [-0.39, 0.29) is 5.91 Å². The maximum Gasteiger partial charge on any atom is 0.243 e. The van der Waals surface area contributed by atoms with Crippen LogP contribution >= 0.6 is 0 Å². The number of carbonyl (C=O) groups excluding carboxylic acids is 1. The van der Waals surface area contributed by atoms with Gasteiger partial charge in [-0.05, 0) is 42.2 Å². The van der Waals surface area contributed by atoms with Gasteiger partial charge in [-0.1, -0.05) is 30.3 Å². The summed E-state index contributed by atoms with van der Waals surface area (Å²) >= 11 is 0. The minimum absolute atomic E-state index is 0.0188. The fraction of sp³-hybridized carbons (Fsp3) is 0.263. The number of anilines is 2. The Morgan fingerprint density at radius 2 is 1.96 bits per heavy atom. The van der Waals surface area contributed by atoms with E-state index in [0.29, 0.717) is 13.0 Å². The van der Waals surface area contributed by atoms with Gasteiger partial charge in [-0.2, -0.15) is 5.26 Å². The number of para-hydroxylation sites is 1. The molecule has 2 aromatic rings. The lowest BCUT2D eigenvalue weighted by Crippen LogP contribution is -2.36. The Labute approximate surface area is 136 Å². The molecular formula is C19H19N3O. The predicted octanol–water partition coefficient (Wildman–Crippen LogP) is 3.14. The van der Waals surface area contributed by atoms with Gasteiger partial charge in [0, 0.05) is 17.9 Å². The molecular weight excluding hydrogens is 286 g/mol. The molecule has 1 aliphatic rings. The normalized spacial score (nSPS) is 13.1. The standard InChI is InChI=1S/C19H19N3O/c20-12-11-15-7-9-17(10-8-15)21-19(23)14-22-13-3-5-16-4-1-2-6-18(16)22/h1-2,4,6-10H,3,5,11,13-14H2,(H,21,23). The number of nitriles is 1. The first kappa shape index (κ1) is 15.1. The number of fused-ring (bicyclic) bond motifs is 1. The molecule has 0 atom stereocenters. The van der Waals surface area contributed by atoms with Gasteiger partial charge in [-0.3, -0.25) is 4.79 Å². The Hall–Kier alpha value is -2.80. The number of amides is 1. The molecule has 3 rings (SSSR count). The van der Waals surface area contributed by atoms with E-state index in [4.69, 9.17) is 5.26 Å². The number of nitrogens with one attached hydrogen (secondary N) is 1. The van der Waals surface area contributed by atoms with Crippen LogP contribution in [0.5, 0.6) is 0 Å². The second-order valence-corrected chi connectivity index (χ2v) is 5.73. The van der Waals surface area contributed by atoms with Gasteiger partial charge in [0.1, 0.15) is 0 Å². The number of rotatable bonds is 4. The second-order valence-electron chi connectivity index (χ2n) is 5.73. The zero-order valence-electron chi connectivity index (χ0n) is 13.0. The Kier molecular flexibility index (Phi) is 4.58. The topological polar surface area (TPSA) is 56.1 Å². The van der Waals surface area contributed by atoms with Gasteiger partial charge >= 0.3 is 0 Å². The lowest BCUT2D eigenvalue weighted by Gasteiger charge is -2.30. The summed E-state index contributed by atoms with van der Waals surface area (Å²) in [6.45, 7) is 1.27. The molecule has 0 aromatic heterocycles. The summed E-state index contributed by atoms with van der Waals surface area (Å²) in [5, 5.41) is 11.6. The lowest BCUT2D eigenvalue weighted by atomic mass is 10.0. The summed E-state index contributed by atoms with van der Waals surface area (Å²) in [6.07, 6.45) is 2.54. The Balaban J connectivity index is 1.63. The van der Waals surface area contributed by atoms with Crippen molar-refractivity contribution in [2.75, 3.05) is 23.3 Å². The first-order valence-electron chi connectivity index (χ1n) is 7.85. The van der Waals surface area contributed by atoms with E-state index >= 15 is 0 Å². The molecule has 1 N–H and O–H groups in total. The largest absolute Gasteiger partial charge is 0.362 e. The van der Waals surface area contributed by atoms with Crippen LogP contribution in [0.3, 0.4) is 0 Å². The molecule has 2 aromatic carbocycles. The summed E-state index contributed by atoms with van der Waals surface area (Å²) in [6, 6.07) is 17.8. The number of nitrogens with zero attached hydrogens (tertiary/aromatic N) is 2. The van der Waals surface area contributed by atoms with Crippen LogP contribution in [-0.2, 0) is 17.6 Å². The summed E-state index contributed by atoms with van der Waals surface area (Å²) in [4.78, 5) is 14.4. The summed E-state index contributed by atoms with van der Waals surface area (Å²) < 4.78 is 0. The zero-order chi connectivity index (χ0) is 16.1. The van der Waals surface area contributed by atoms with Crippen molar-refractivity contribution in [2.45, 2.75) is 19.3 Å². The van der Waals surface area contributed by atoms with Crippen molar-refractivity contribution < 1.29 is 4.79 Å². The molecule has 0 unspecified atom stereocenters. The summed E-state index contributed by atoms with van der Waals surface area (Å²) in [5.74, 6) is -0.0188. The second kappa shape index (κ2) is 6.97. The molecule has 0 saturated heterocycles. The third kappa shape index (κ3) is 3.70. The number of aryl methyl sites for hydroxylation is 1. The molecule has 23 heavy (non-hydrogen) atoms. The van der Waals surface area contributed by atoms with Crippen LogP contribution in [0.25, 0.3) is 0 Å². The fourth-order valence-electron chi connectivity index (χ4n) is 2.95. The van der Waals surface area contributed by atoms with E-state index in [0.717, 1.165) is 30.6 Å². The Morgan fingerprint density at radius 1 is 1.17 bits per heavy atom.